The minimum absolute atomic E-state index is 0.164. The number of aromatic nitrogens is 3. The molecule has 3 rings (SSSR count). The van der Waals surface area contributed by atoms with Gasteiger partial charge < -0.3 is 9.15 Å². The van der Waals surface area contributed by atoms with E-state index in [1.54, 1.807) is 46.9 Å². The third-order valence-electron chi connectivity index (χ3n) is 3.35. The van der Waals surface area contributed by atoms with Gasteiger partial charge in [0.15, 0.2) is 11.6 Å². The van der Waals surface area contributed by atoms with Crippen LogP contribution in [0.15, 0.2) is 38.9 Å². The van der Waals surface area contributed by atoms with Crippen LogP contribution in [0.4, 0.5) is 0 Å². The van der Waals surface area contributed by atoms with Crippen LogP contribution in [0.5, 0.6) is 5.75 Å². The molecule has 10 heteroatoms. The summed E-state index contributed by atoms with van der Waals surface area (Å²) in [7, 11) is 0. The van der Waals surface area contributed by atoms with Gasteiger partial charge in [-0.3, -0.25) is 0 Å². The van der Waals surface area contributed by atoms with E-state index in [1.807, 2.05) is 13.8 Å². The number of nitrogens with zero attached hydrogens (tertiary/aromatic N) is 4. The average molecular weight is 446 g/mol. The highest BCUT2D eigenvalue weighted by atomic mass is 35.5. The van der Waals surface area contributed by atoms with Crippen LogP contribution in [0.3, 0.4) is 0 Å². The predicted molar refractivity (Wildman–Crippen MR) is 109 cm³/mol. The quantitative estimate of drug-likeness (QED) is 0.344. The van der Waals surface area contributed by atoms with Crippen LogP contribution in [0.1, 0.15) is 24.3 Å². The zero-order valence-electron chi connectivity index (χ0n) is 14.4. The Bertz CT molecular complexity index is 948. The number of benzene rings is 1. The molecule has 2 heterocycles. The summed E-state index contributed by atoms with van der Waals surface area (Å²) in [5.41, 5.74) is 0. The molecule has 0 amide bonds. The van der Waals surface area contributed by atoms with Crippen molar-refractivity contribution in [2.45, 2.75) is 25.6 Å². The Labute approximate surface area is 175 Å². The molecule has 27 heavy (non-hydrogen) atoms. The summed E-state index contributed by atoms with van der Waals surface area (Å²) in [5.74, 6) is 3.11. The second-order valence-corrected chi connectivity index (χ2v) is 7.79. The van der Waals surface area contributed by atoms with E-state index in [0.717, 1.165) is 10.9 Å². The molecule has 142 valence electrons. The lowest BCUT2D eigenvalue weighted by Crippen LogP contribution is -1.96. The van der Waals surface area contributed by atoms with Gasteiger partial charge in [0.05, 0.1) is 16.3 Å². The van der Waals surface area contributed by atoms with Crippen LogP contribution in [0, 0.1) is 6.92 Å². The van der Waals surface area contributed by atoms with E-state index in [4.69, 9.17) is 44.0 Å². The van der Waals surface area contributed by atoms with Crippen molar-refractivity contribution in [2.75, 3.05) is 5.75 Å². The smallest absolute Gasteiger partial charge is 0.212 e. The zero-order chi connectivity index (χ0) is 19.4. The Balaban J connectivity index is 1.68. The van der Waals surface area contributed by atoms with Gasteiger partial charge in [0.2, 0.25) is 5.16 Å². The van der Waals surface area contributed by atoms with Gasteiger partial charge in [0.25, 0.3) is 0 Å². The molecule has 0 spiro atoms. The van der Waals surface area contributed by atoms with Crippen molar-refractivity contribution in [1.82, 2.24) is 14.9 Å². The summed E-state index contributed by atoms with van der Waals surface area (Å²) in [4.78, 5) is 0. The standard InChI is InChI=1S/C17H15Cl3N4O2S/c1-3-27-17-23-22-10(2)24(17)21-8-12-4-5-13(26-12)9-25-16-14(19)6-11(18)7-15(16)20/h4-8H,3,9H2,1-2H3/b21-8+. The molecule has 1 aromatic carbocycles. The fourth-order valence-electron chi connectivity index (χ4n) is 2.16. The molecule has 3 aromatic rings. The highest BCUT2D eigenvalue weighted by molar-refractivity contribution is 7.99. The van der Waals surface area contributed by atoms with Crippen LogP contribution >= 0.6 is 46.6 Å². The maximum Gasteiger partial charge on any atom is 0.212 e. The van der Waals surface area contributed by atoms with Crippen LogP contribution in [-0.2, 0) is 6.61 Å². The molecule has 0 aliphatic carbocycles. The molecule has 2 aromatic heterocycles. The highest BCUT2D eigenvalue weighted by Gasteiger charge is 2.11. The van der Waals surface area contributed by atoms with E-state index in [0.29, 0.717) is 38.2 Å². The molecule has 0 aliphatic heterocycles. The second kappa shape index (κ2) is 9.01. The van der Waals surface area contributed by atoms with E-state index < -0.39 is 0 Å². The molecular weight excluding hydrogens is 431 g/mol. The molecule has 0 unspecified atom stereocenters. The number of halogens is 3. The van der Waals surface area contributed by atoms with E-state index in [-0.39, 0.29) is 6.61 Å². The topological polar surface area (TPSA) is 65.4 Å². The minimum Gasteiger partial charge on any atom is -0.483 e. The number of hydrogen-bond acceptors (Lipinski definition) is 6. The van der Waals surface area contributed by atoms with E-state index in [2.05, 4.69) is 15.3 Å². The first kappa shape index (κ1) is 20.1. The SMILES string of the molecule is CCSc1nnc(C)n1/N=C/c1ccc(COc2c(Cl)cc(Cl)cc2Cl)o1. The predicted octanol–water partition coefficient (Wildman–Crippen LogP) is 5.71. The fourth-order valence-corrected chi connectivity index (χ4v) is 3.74. The van der Waals surface area contributed by atoms with Crippen molar-refractivity contribution in [3.05, 3.63) is 56.7 Å². The maximum absolute atomic E-state index is 6.11. The minimum atomic E-state index is 0.164. The van der Waals surface area contributed by atoms with E-state index in [1.165, 1.54) is 0 Å². The molecule has 0 atom stereocenters. The van der Waals surface area contributed by atoms with Gasteiger partial charge in [0, 0.05) is 5.02 Å². The lowest BCUT2D eigenvalue weighted by molar-refractivity contribution is 0.270. The van der Waals surface area contributed by atoms with Crippen molar-refractivity contribution in [1.29, 1.82) is 0 Å². The molecule has 0 radical (unpaired) electrons. The molecular formula is C17H15Cl3N4O2S. The first-order valence-electron chi connectivity index (χ1n) is 7.93. The maximum atomic E-state index is 6.11. The third kappa shape index (κ3) is 4.99. The number of furan rings is 1. The fraction of sp³-hybridized carbons (Fsp3) is 0.235. The van der Waals surface area contributed by atoms with Crippen LogP contribution in [0.2, 0.25) is 15.1 Å². The number of thioether (sulfide) groups is 1. The Morgan fingerprint density at radius 1 is 1.22 bits per heavy atom. The monoisotopic (exact) mass is 444 g/mol. The Morgan fingerprint density at radius 2 is 1.96 bits per heavy atom. The highest BCUT2D eigenvalue weighted by Crippen LogP contribution is 2.36. The normalized spacial score (nSPS) is 11.4. The van der Waals surface area contributed by atoms with Crippen molar-refractivity contribution in [2.24, 2.45) is 5.10 Å². The molecule has 0 aliphatic rings. The number of rotatable bonds is 7. The first-order chi connectivity index (χ1) is 13.0. The molecule has 0 saturated carbocycles. The van der Waals surface area contributed by atoms with Crippen molar-refractivity contribution in [3.8, 4) is 5.75 Å². The second-order valence-electron chi connectivity index (χ2n) is 5.31. The van der Waals surface area contributed by atoms with Crippen molar-refractivity contribution < 1.29 is 9.15 Å². The zero-order valence-corrected chi connectivity index (χ0v) is 17.5. The van der Waals surface area contributed by atoms with E-state index >= 15 is 0 Å². The summed E-state index contributed by atoms with van der Waals surface area (Å²) in [6, 6.07) is 6.72. The lowest BCUT2D eigenvalue weighted by atomic mass is 10.3. The molecule has 6 nitrogen and oxygen atoms in total. The number of ether oxygens (including phenoxy) is 1. The summed E-state index contributed by atoms with van der Waals surface area (Å²) in [6.45, 7) is 4.04. The summed E-state index contributed by atoms with van der Waals surface area (Å²) in [5, 5.41) is 14.3. The number of aryl methyl sites for hydroxylation is 1. The first-order valence-corrected chi connectivity index (χ1v) is 10.0. The summed E-state index contributed by atoms with van der Waals surface area (Å²) in [6.07, 6.45) is 1.60. The summed E-state index contributed by atoms with van der Waals surface area (Å²) < 4.78 is 13.0. The summed E-state index contributed by atoms with van der Waals surface area (Å²) >= 11 is 19.7. The lowest BCUT2D eigenvalue weighted by Gasteiger charge is -2.08. The van der Waals surface area contributed by atoms with Crippen molar-refractivity contribution >= 4 is 52.8 Å². The third-order valence-corrected chi connectivity index (χ3v) is 4.93. The Morgan fingerprint density at radius 3 is 2.67 bits per heavy atom. The van der Waals surface area contributed by atoms with Crippen LogP contribution < -0.4 is 4.74 Å². The Kier molecular flexibility index (Phi) is 6.70. The number of hydrogen-bond donors (Lipinski definition) is 0. The molecule has 0 fully saturated rings. The van der Waals surface area contributed by atoms with Crippen molar-refractivity contribution in [3.63, 3.8) is 0 Å². The largest absolute Gasteiger partial charge is 0.483 e. The van der Waals surface area contributed by atoms with Crippen LogP contribution in [-0.4, -0.2) is 26.8 Å². The van der Waals surface area contributed by atoms with Gasteiger partial charge >= 0.3 is 0 Å². The van der Waals surface area contributed by atoms with Gasteiger partial charge in [-0.05, 0) is 36.9 Å². The van der Waals surface area contributed by atoms with Gasteiger partial charge in [-0.2, -0.15) is 9.78 Å². The van der Waals surface area contributed by atoms with Gasteiger partial charge in [-0.15, -0.1) is 10.2 Å². The molecule has 0 N–H and O–H groups in total. The van der Waals surface area contributed by atoms with Gasteiger partial charge in [-0.1, -0.05) is 53.5 Å². The van der Waals surface area contributed by atoms with Gasteiger partial charge in [0.1, 0.15) is 18.1 Å². The molecule has 0 bridgehead atoms. The Hall–Kier alpha value is -1.67. The van der Waals surface area contributed by atoms with E-state index in [9.17, 15) is 0 Å². The van der Waals surface area contributed by atoms with Crippen LogP contribution in [0.25, 0.3) is 0 Å². The molecule has 0 saturated heterocycles. The average Bonchev–Trinajstić information content (AvgIpc) is 3.19. The van der Waals surface area contributed by atoms with Gasteiger partial charge in [-0.25, -0.2) is 0 Å².